The molecule has 2 aromatic carbocycles. The minimum atomic E-state index is -1.02. The van der Waals surface area contributed by atoms with E-state index in [4.69, 9.17) is 14.3 Å². The van der Waals surface area contributed by atoms with E-state index in [1.165, 1.54) is 25.1 Å². The van der Waals surface area contributed by atoms with Crippen LogP contribution in [0.15, 0.2) is 63.8 Å². The number of para-hydroxylation sites is 1. The molecule has 1 fully saturated rings. The average Bonchev–Trinajstić information content (AvgIpc) is 3.29. The van der Waals surface area contributed by atoms with E-state index in [-0.39, 0.29) is 12.4 Å². The Morgan fingerprint density at radius 2 is 1.69 bits per heavy atom. The van der Waals surface area contributed by atoms with Crippen LogP contribution < -0.4 is 10.5 Å². The van der Waals surface area contributed by atoms with E-state index >= 15 is 0 Å². The van der Waals surface area contributed by atoms with Crippen LogP contribution in [0, 0.1) is 6.92 Å². The molecule has 1 aliphatic heterocycles. The Balaban J connectivity index is 0.000000183. The van der Waals surface area contributed by atoms with E-state index in [1.54, 1.807) is 22.6 Å². The summed E-state index contributed by atoms with van der Waals surface area (Å²) >= 11 is 0. The smallest absolute Gasteiger partial charge is 0.346 e. The first-order chi connectivity index (χ1) is 18.7. The zero-order chi connectivity index (χ0) is 28.1. The summed E-state index contributed by atoms with van der Waals surface area (Å²) in [7, 11) is 2.08. The molecule has 204 valence electrons. The highest BCUT2D eigenvalue weighted by Gasteiger charge is 2.20. The van der Waals surface area contributed by atoms with Crippen molar-refractivity contribution in [3.05, 3.63) is 81.8 Å². The van der Waals surface area contributed by atoms with Gasteiger partial charge in [-0.3, -0.25) is 9.20 Å². The van der Waals surface area contributed by atoms with Crippen molar-refractivity contribution >= 4 is 40.2 Å². The Morgan fingerprint density at radius 3 is 2.38 bits per heavy atom. The second kappa shape index (κ2) is 11.8. The van der Waals surface area contributed by atoms with Gasteiger partial charge in [-0.05, 0) is 50.4 Å². The Morgan fingerprint density at radius 1 is 0.974 bits per heavy atom. The third kappa shape index (κ3) is 6.27. The van der Waals surface area contributed by atoms with Crippen LogP contribution in [0.4, 0.5) is 5.69 Å². The van der Waals surface area contributed by atoms with Gasteiger partial charge in [-0.15, -0.1) is 0 Å². The lowest BCUT2D eigenvalue weighted by atomic mass is 10.1. The number of carboxylic acid groups (broad SMARTS) is 1. The van der Waals surface area contributed by atoms with Gasteiger partial charge in [0.1, 0.15) is 0 Å². The fourth-order valence-corrected chi connectivity index (χ4v) is 4.29. The van der Waals surface area contributed by atoms with Gasteiger partial charge in [0, 0.05) is 44.9 Å². The third-order valence-electron chi connectivity index (χ3n) is 6.36. The molecule has 39 heavy (non-hydrogen) atoms. The van der Waals surface area contributed by atoms with Crippen molar-refractivity contribution in [2.24, 2.45) is 0 Å². The molecule has 3 heterocycles. The number of aromatic nitrogens is 1. The van der Waals surface area contributed by atoms with E-state index in [0.29, 0.717) is 22.2 Å². The normalized spacial score (nSPS) is 13.6. The number of hydrogen-bond donors (Lipinski definition) is 1. The zero-order valence-corrected chi connectivity index (χ0v) is 21.9. The largest absolute Gasteiger partial charge is 0.478 e. The summed E-state index contributed by atoms with van der Waals surface area (Å²) in [5.41, 5.74) is 2.86. The number of anilines is 1. The zero-order valence-electron chi connectivity index (χ0n) is 21.9. The number of carboxylic acids is 1. The first-order valence-corrected chi connectivity index (χ1v) is 12.3. The maximum atomic E-state index is 12.1. The van der Waals surface area contributed by atoms with Gasteiger partial charge >= 0.3 is 23.5 Å². The molecule has 2 aromatic heterocycles. The molecule has 0 aliphatic carbocycles. The second-order valence-electron chi connectivity index (χ2n) is 9.07. The second-order valence-corrected chi connectivity index (χ2v) is 9.07. The van der Waals surface area contributed by atoms with Crippen LogP contribution in [0.2, 0.25) is 0 Å². The minimum Gasteiger partial charge on any atom is -0.478 e. The molecule has 0 saturated carbocycles. The van der Waals surface area contributed by atoms with Gasteiger partial charge in [-0.1, -0.05) is 12.1 Å². The maximum absolute atomic E-state index is 12.1. The molecule has 0 radical (unpaired) electrons. The summed E-state index contributed by atoms with van der Waals surface area (Å²) in [5.74, 6) is -1.98. The van der Waals surface area contributed by atoms with Crippen molar-refractivity contribution in [3.8, 4) is 0 Å². The van der Waals surface area contributed by atoms with Crippen LogP contribution in [-0.2, 0) is 14.3 Å². The summed E-state index contributed by atoms with van der Waals surface area (Å²) in [4.78, 5) is 49.9. The molecule has 11 heteroatoms. The molecule has 0 bridgehead atoms. The van der Waals surface area contributed by atoms with E-state index < -0.39 is 23.5 Å². The molecule has 0 atom stereocenters. The SMILES string of the molecule is CC(=O)OCOC(=O)c1ccccc1N1CCN(C)CC1.Cc1ccc2oc(=O)c3ccc(C(=O)O)cc3n12. The van der Waals surface area contributed by atoms with Gasteiger partial charge in [0.2, 0.25) is 12.5 Å². The van der Waals surface area contributed by atoms with Crippen LogP contribution in [0.1, 0.15) is 33.3 Å². The minimum absolute atomic E-state index is 0.141. The molecule has 1 N–H and O–H groups in total. The summed E-state index contributed by atoms with van der Waals surface area (Å²) in [6, 6.07) is 15.2. The van der Waals surface area contributed by atoms with E-state index in [1.807, 2.05) is 25.1 Å². The van der Waals surface area contributed by atoms with Gasteiger partial charge in [0.05, 0.1) is 27.7 Å². The van der Waals surface area contributed by atoms with Crippen molar-refractivity contribution in [3.63, 3.8) is 0 Å². The number of hydrogen-bond acceptors (Lipinski definition) is 9. The number of carbonyl (C=O) groups excluding carboxylic acids is 2. The number of aromatic carboxylic acids is 1. The lowest BCUT2D eigenvalue weighted by molar-refractivity contribution is -0.149. The van der Waals surface area contributed by atoms with Crippen molar-refractivity contribution < 1.29 is 33.4 Å². The standard InChI is InChI=1S/C15H20N2O4.C13H9NO4/c1-12(18)20-11-21-15(19)13-5-3-4-6-14(13)17-9-7-16(2)8-10-17;1-7-2-5-11-14(7)10-6-8(12(15)16)3-4-9(10)13(17)18-11/h3-6H,7-11H2,1-2H3;2-6H,1H3,(H,15,16). The number of carbonyl (C=O) groups is 3. The summed E-state index contributed by atoms with van der Waals surface area (Å²) < 4.78 is 16.5. The Hall–Kier alpha value is -4.64. The summed E-state index contributed by atoms with van der Waals surface area (Å²) in [5, 5.41) is 9.36. The Labute approximate surface area is 223 Å². The number of fused-ring (bicyclic) bond motifs is 3. The fourth-order valence-electron chi connectivity index (χ4n) is 4.29. The Kier molecular flexibility index (Phi) is 8.30. The molecule has 4 aromatic rings. The van der Waals surface area contributed by atoms with E-state index in [2.05, 4.69) is 21.6 Å². The monoisotopic (exact) mass is 535 g/mol. The number of ether oxygens (including phenoxy) is 2. The average molecular weight is 536 g/mol. The topological polar surface area (TPSA) is 131 Å². The van der Waals surface area contributed by atoms with Gasteiger partial charge in [0.25, 0.3) is 0 Å². The van der Waals surface area contributed by atoms with Crippen molar-refractivity contribution in [2.45, 2.75) is 13.8 Å². The first-order valence-electron chi connectivity index (χ1n) is 12.3. The number of likely N-dealkylation sites (N-methyl/N-ethyl adjacent to an activating group) is 1. The molecular weight excluding hydrogens is 506 g/mol. The van der Waals surface area contributed by atoms with Crippen LogP contribution in [-0.4, -0.2) is 72.3 Å². The maximum Gasteiger partial charge on any atom is 0.346 e. The van der Waals surface area contributed by atoms with Crippen molar-refractivity contribution in [2.75, 3.05) is 44.9 Å². The van der Waals surface area contributed by atoms with Crippen LogP contribution >= 0.6 is 0 Å². The van der Waals surface area contributed by atoms with Crippen LogP contribution in [0.3, 0.4) is 0 Å². The number of aryl methyl sites for hydroxylation is 1. The number of esters is 2. The highest BCUT2D eigenvalue weighted by atomic mass is 16.7. The van der Waals surface area contributed by atoms with Gasteiger partial charge < -0.3 is 28.8 Å². The first kappa shape index (κ1) is 27.4. The van der Waals surface area contributed by atoms with Crippen molar-refractivity contribution in [1.29, 1.82) is 0 Å². The third-order valence-corrected chi connectivity index (χ3v) is 6.36. The van der Waals surface area contributed by atoms with Crippen LogP contribution in [0.25, 0.3) is 16.6 Å². The molecule has 1 saturated heterocycles. The molecule has 5 rings (SSSR count). The molecular formula is C28H29N3O8. The van der Waals surface area contributed by atoms with Crippen molar-refractivity contribution in [1.82, 2.24) is 9.30 Å². The molecule has 0 spiro atoms. The lowest BCUT2D eigenvalue weighted by Crippen LogP contribution is -2.45. The molecule has 1 aliphatic rings. The predicted molar refractivity (Wildman–Crippen MR) is 143 cm³/mol. The predicted octanol–water partition coefficient (Wildman–Crippen LogP) is 3.17. The summed E-state index contributed by atoms with van der Waals surface area (Å²) in [6.45, 7) is 6.42. The fraction of sp³-hybridized carbons (Fsp3) is 0.286. The van der Waals surface area contributed by atoms with Gasteiger partial charge in [-0.2, -0.15) is 0 Å². The molecule has 11 nitrogen and oxygen atoms in total. The van der Waals surface area contributed by atoms with E-state index in [0.717, 1.165) is 37.6 Å². The lowest BCUT2D eigenvalue weighted by Gasteiger charge is -2.34. The molecule has 0 amide bonds. The van der Waals surface area contributed by atoms with E-state index in [9.17, 15) is 19.2 Å². The Bertz CT molecular complexity index is 1580. The number of rotatable bonds is 5. The quantitative estimate of drug-likeness (QED) is 0.300. The number of nitrogens with zero attached hydrogens (tertiary/aromatic N) is 3. The number of piperazine rings is 1. The van der Waals surface area contributed by atoms with Crippen LogP contribution in [0.5, 0.6) is 0 Å². The van der Waals surface area contributed by atoms with Gasteiger partial charge in [0.15, 0.2) is 0 Å². The van der Waals surface area contributed by atoms with Gasteiger partial charge in [-0.25, -0.2) is 14.4 Å². The highest BCUT2D eigenvalue weighted by molar-refractivity contribution is 5.96. The number of benzene rings is 2. The highest BCUT2D eigenvalue weighted by Crippen LogP contribution is 2.23. The molecule has 0 unspecified atom stereocenters. The summed E-state index contributed by atoms with van der Waals surface area (Å²) in [6.07, 6.45) is 0.